The van der Waals surface area contributed by atoms with E-state index in [9.17, 15) is 14.9 Å². The minimum Gasteiger partial charge on any atom is -0.416 e. The number of anilines is 1. The number of nitro benzene ring substituents is 1. The molecule has 1 aromatic heterocycles. The Morgan fingerprint density at radius 1 is 1.17 bits per heavy atom. The van der Waals surface area contributed by atoms with Crippen molar-refractivity contribution in [3.63, 3.8) is 0 Å². The zero-order chi connectivity index (χ0) is 20.8. The summed E-state index contributed by atoms with van der Waals surface area (Å²) in [5.74, 6) is 0.217. The van der Waals surface area contributed by atoms with Crippen LogP contribution in [0.3, 0.4) is 0 Å². The van der Waals surface area contributed by atoms with Gasteiger partial charge in [0.25, 0.3) is 10.9 Å². The summed E-state index contributed by atoms with van der Waals surface area (Å²) in [6.45, 7) is 3.87. The summed E-state index contributed by atoms with van der Waals surface area (Å²) in [6.07, 6.45) is 1.51. The molecule has 0 unspecified atom stereocenters. The van der Waals surface area contributed by atoms with Crippen LogP contribution in [0.4, 0.5) is 11.4 Å². The third-order valence-electron chi connectivity index (χ3n) is 4.27. The predicted octanol–water partition coefficient (Wildman–Crippen LogP) is 4.17. The number of nitrogens with one attached hydrogen (secondary N) is 1. The molecule has 0 aliphatic rings. The Hall–Kier alpha value is -3.20. The maximum atomic E-state index is 12.2. The van der Waals surface area contributed by atoms with Gasteiger partial charge in [-0.15, -0.1) is 10.2 Å². The van der Waals surface area contributed by atoms with E-state index in [1.807, 2.05) is 12.1 Å². The van der Waals surface area contributed by atoms with E-state index in [-0.39, 0.29) is 17.3 Å². The van der Waals surface area contributed by atoms with Gasteiger partial charge in [0.05, 0.1) is 22.8 Å². The van der Waals surface area contributed by atoms with Gasteiger partial charge in [0, 0.05) is 12.1 Å². The molecule has 0 aliphatic carbocycles. The van der Waals surface area contributed by atoms with E-state index in [0.29, 0.717) is 23.2 Å². The molecule has 29 heavy (non-hydrogen) atoms. The van der Waals surface area contributed by atoms with Crippen molar-refractivity contribution in [2.45, 2.75) is 31.9 Å². The van der Waals surface area contributed by atoms with Crippen LogP contribution in [0.1, 0.15) is 29.5 Å². The number of nitrogens with zero attached hydrogens (tertiary/aromatic N) is 3. The Morgan fingerprint density at radius 3 is 2.59 bits per heavy atom. The minimum atomic E-state index is -0.500. The fraction of sp³-hybridized carbons (Fsp3) is 0.250. The molecule has 0 fully saturated rings. The highest BCUT2D eigenvalue weighted by Crippen LogP contribution is 2.23. The van der Waals surface area contributed by atoms with Crippen molar-refractivity contribution in [2.24, 2.45) is 0 Å². The molecule has 1 N–H and O–H groups in total. The number of hydrogen-bond acceptors (Lipinski definition) is 7. The van der Waals surface area contributed by atoms with E-state index >= 15 is 0 Å². The predicted molar refractivity (Wildman–Crippen MR) is 110 cm³/mol. The van der Waals surface area contributed by atoms with E-state index in [4.69, 9.17) is 4.42 Å². The van der Waals surface area contributed by atoms with Crippen LogP contribution in [0.5, 0.6) is 0 Å². The Bertz CT molecular complexity index is 1020. The summed E-state index contributed by atoms with van der Waals surface area (Å²) >= 11 is 1.12. The lowest BCUT2D eigenvalue weighted by Gasteiger charge is -2.07. The van der Waals surface area contributed by atoms with Crippen molar-refractivity contribution in [3.05, 3.63) is 75.2 Å². The number of hydrogen-bond donors (Lipinski definition) is 1. The first-order chi connectivity index (χ1) is 13.9. The van der Waals surface area contributed by atoms with E-state index in [0.717, 1.165) is 29.3 Å². The number of amides is 1. The van der Waals surface area contributed by atoms with Crippen LogP contribution >= 0.6 is 11.8 Å². The number of benzene rings is 2. The molecule has 1 amide bonds. The fourth-order valence-corrected chi connectivity index (χ4v) is 3.19. The van der Waals surface area contributed by atoms with Gasteiger partial charge >= 0.3 is 0 Å². The van der Waals surface area contributed by atoms with Crippen molar-refractivity contribution in [1.29, 1.82) is 0 Å². The molecule has 8 nitrogen and oxygen atoms in total. The quantitative estimate of drug-likeness (QED) is 0.336. The number of aryl methyl sites for hydroxylation is 2. The van der Waals surface area contributed by atoms with Gasteiger partial charge in [-0.3, -0.25) is 14.9 Å². The average Bonchev–Trinajstić information content (AvgIpc) is 3.16. The maximum absolute atomic E-state index is 12.2. The van der Waals surface area contributed by atoms with E-state index in [2.05, 4.69) is 34.6 Å². The van der Waals surface area contributed by atoms with Crippen LogP contribution in [-0.4, -0.2) is 26.8 Å². The van der Waals surface area contributed by atoms with E-state index in [1.165, 1.54) is 17.7 Å². The van der Waals surface area contributed by atoms with Crippen molar-refractivity contribution in [2.75, 3.05) is 11.1 Å². The van der Waals surface area contributed by atoms with Crippen LogP contribution in [0.25, 0.3) is 0 Å². The Labute approximate surface area is 171 Å². The third-order valence-corrected chi connectivity index (χ3v) is 5.09. The Morgan fingerprint density at radius 2 is 1.90 bits per heavy atom. The molecule has 3 aromatic rings. The first-order valence-electron chi connectivity index (χ1n) is 9.02. The third kappa shape index (κ3) is 5.64. The second-order valence-corrected chi connectivity index (χ2v) is 7.33. The maximum Gasteiger partial charge on any atom is 0.277 e. The molecular formula is C20H20N4O4S. The summed E-state index contributed by atoms with van der Waals surface area (Å²) in [5.41, 5.74) is 3.41. The normalized spacial score (nSPS) is 10.7. The highest BCUT2D eigenvalue weighted by Gasteiger charge is 2.13. The Balaban J connectivity index is 1.54. The van der Waals surface area contributed by atoms with Crippen molar-refractivity contribution in [1.82, 2.24) is 10.2 Å². The number of thioether (sulfide) groups is 1. The van der Waals surface area contributed by atoms with E-state index < -0.39 is 4.92 Å². The molecule has 0 spiro atoms. The zero-order valence-electron chi connectivity index (χ0n) is 16.0. The number of rotatable bonds is 8. The van der Waals surface area contributed by atoms with Crippen LogP contribution in [0.2, 0.25) is 0 Å². The van der Waals surface area contributed by atoms with Gasteiger partial charge in [0.1, 0.15) is 0 Å². The first kappa shape index (κ1) is 20.5. The summed E-state index contributed by atoms with van der Waals surface area (Å²) in [7, 11) is 0. The van der Waals surface area contributed by atoms with Gasteiger partial charge in [-0.25, -0.2) is 0 Å². The average molecular weight is 412 g/mol. The number of carbonyl (C=O) groups is 1. The highest BCUT2D eigenvalue weighted by atomic mass is 32.2. The smallest absolute Gasteiger partial charge is 0.277 e. The van der Waals surface area contributed by atoms with Crippen LogP contribution in [0, 0.1) is 17.0 Å². The van der Waals surface area contributed by atoms with E-state index in [1.54, 1.807) is 13.0 Å². The lowest BCUT2D eigenvalue weighted by atomic mass is 10.1. The highest BCUT2D eigenvalue weighted by molar-refractivity contribution is 7.99. The summed E-state index contributed by atoms with van der Waals surface area (Å²) in [5, 5.41) is 21.8. The molecule has 150 valence electrons. The Kier molecular flexibility index (Phi) is 6.61. The van der Waals surface area contributed by atoms with Gasteiger partial charge in [0.2, 0.25) is 11.8 Å². The van der Waals surface area contributed by atoms with Gasteiger partial charge < -0.3 is 9.73 Å². The second kappa shape index (κ2) is 9.33. The lowest BCUT2D eigenvalue weighted by molar-refractivity contribution is -0.384. The molecule has 0 aliphatic heterocycles. The second-order valence-electron chi connectivity index (χ2n) is 6.40. The number of aromatic nitrogens is 2. The monoisotopic (exact) mass is 412 g/mol. The number of nitro groups is 1. The number of non-ortho nitro benzene ring substituents is 1. The SMILES string of the molecule is CCc1ccc(Cc2nnc(SCC(=O)Nc3cc([N+](=O)[O-])ccc3C)o2)cc1. The van der Waals surface area contributed by atoms with Crippen LogP contribution in [-0.2, 0) is 17.6 Å². The summed E-state index contributed by atoms with van der Waals surface area (Å²) in [4.78, 5) is 22.6. The van der Waals surface area contributed by atoms with Crippen molar-refractivity contribution >= 4 is 29.0 Å². The molecule has 0 atom stereocenters. The topological polar surface area (TPSA) is 111 Å². The first-order valence-corrected chi connectivity index (χ1v) is 10.0. The largest absolute Gasteiger partial charge is 0.416 e. The summed E-state index contributed by atoms with van der Waals surface area (Å²) < 4.78 is 5.59. The summed E-state index contributed by atoms with van der Waals surface area (Å²) in [6, 6.07) is 12.5. The van der Waals surface area contributed by atoms with Crippen LogP contribution < -0.4 is 5.32 Å². The van der Waals surface area contributed by atoms with Crippen LogP contribution in [0.15, 0.2) is 52.1 Å². The molecule has 0 saturated carbocycles. The minimum absolute atomic E-state index is 0.0506. The lowest BCUT2D eigenvalue weighted by Crippen LogP contribution is -2.15. The van der Waals surface area contributed by atoms with Gasteiger partial charge in [-0.1, -0.05) is 49.0 Å². The molecule has 0 saturated heterocycles. The van der Waals surface area contributed by atoms with Gasteiger partial charge in [0.15, 0.2) is 0 Å². The fourth-order valence-electron chi connectivity index (χ4n) is 2.61. The van der Waals surface area contributed by atoms with Gasteiger partial charge in [-0.05, 0) is 30.0 Å². The zero-order valence-corrected chi connectivity index (χ0v) is 16.9. The number of carbonyl (C=O) groups excluding carboxylic acids is 1. The standard InChI is InChI=1S/C20H20N4O4S/c1-3-14-5-7-15(8-6-14)10-19-22-23-20(28-19)29-12-18(25)21-17-11-16(24(26)27)9-4-13(17)2/h4-9,11H,3,10,12H2,1-2H3,(H,21,25). The molecule has 1 heterocycles. The molecule has 0 bridgehead atoms. The van der Waals surface area contributed by atoms with Crippen molar-refractivity contribution < 1.29 is 14.1 Å². The molecule has 0 radical (unpaired) electrons. The molecule has 2 aromatic carbocycles. The molecule has 3 rings (SSSR count). The van der Waals surface area contributed by atoms with Crippen molar-refractivity contribution in [3.8, 4) is 0 Å². The molecule has 9 heteroatoms. The van der Waals surface area contributed by atoms with Gasteiger partial charge in [-0.2, -0.15) is 0 Å². The molecular weight excluding hydrogens is 392 g/mol.